The molecule has 0 saturated carbocycles. The van der Waals surface area contributed by atoms with Crippen molar-refractivity contribution in [2.45, 2.75) is 66.0 Å². The Morgan fingerprint density at radius 1 is 0.933 bits per heavy atom. The minimum Gasteiger partial charge on any atom is -0.394 e. The lowest BCUT2D eigenvalue weighted by Crippen LogP contribution is -2.75. The number of aliphatic hydroxyl groups is 8. The molecule has 3 heterocycles. The Morgan fingerprint density at radius 2 is 1.57 bits per heavy atom. The van der Waals surface area contributed by atoms with Crippen LogP contribution in [0.1, 0.15) is 12.8 Å². The van der Waals surface area contributed by atoms with Gasteiger partial charge in [-0.25, -0.2) is 0 Å². The molecule has 9 atom stereocenters. The summed E-state index contributed by atoms with van der Waals surface area (Å²) in [6.07, 6.45) is -4.88. The summed E-state index contributed by atoms with van der Waals surface area (Å²) in [7, 11) is 0. The first-order chi connectivity index (χ1) is 14.0. The van der Waals surface area contributed by atoms with Crippen molar-refractivity contribution in [1.82, 2.24) is 0 Å². The molecular weight excluding hydrogens is 408 g/mol. The second-order valence-electron chi connectivity index (χ2n) is 7.71. The molecule has 3 rings (SSSR count). The molecular formula is C18H28O12. The smallest absolute Gasteiger partial charge is 0.349 e. The third kappa shape index (κ3) is 2.78. The van der Waals surface area contributed by atoms with Crippen LogP contribution in [-0.4, -0.2) is 114 Å². The van der Waals surface area contributed by atoms with Crippen LogP contribution in [0.3, 0.4) is 0 Å². The third-order valence-corrected chi connectivity index (χ3v) is 6.04. The van der Waals surface area contributed by atoms with Gasteiger partial charge >= 0.3 is 5.97 Å². The second-order valence-corrected chi connectivity index (χ2v) is 7.71. The monoisotopic (exact) mass is 436 g/mol. The molecule has 30 heavy (non-hydrogen) atoms. The lowest BCUT2D eigenvalue weighted by molar-refractivity contribution is -0.422. The minimum absolute atomic E-state index is 0.333. The van der Waals surface area contributed by atoms with Gasteiger partial charge in [-0.2, -0.15) is 0 Å². The summed E-state index contributed by atoms with van der Waals surface area (Å²) in [5, 5.41) is 82.9. The number of fused-ring (bicyclic) bond motifs is 1. The quantitative estimate of drug-likeness (QED) is 0.129. The molecule has 1 unspecified atom stereocenters. The predicted octanol–water partition coefficient (Wildman–Crippen LogP) is -3.82. The van der Waals surface area contributed by atoms with Crippen molar-refractivity contribution in [3.8, 4) is 0 Å². The Labute approximate surface area is 171 Å². The van der Waals surface area contributed by atoms with Crippen LogP contribution in [0, 0.1) is 0 Å². The number of aliphatic hydroxyl groups excluding tert-OH is 5. The number of rotatable bonds is 9. The van der Waals surface area contributed by atoms with Crippen molar-refractivity contribution < 1.29 is 59.8 Å². The normalized spacial score (nSPS) is 52.7. The number of ether oxygens (including phenoxy) is 4. The van der Waals surface area contributed by atoms with Gasteiger partial charge in [0, 0.05) is 6.42 Å². The van der Waals surface area contributed by atoms with Gasteiger partial charge in [0.2, 0.25) is 5.79 Å². The first-order valence-electron chi connectivity index (χ1n) is 9.34. The number of epoxide rings is 1. The largest absolute Gasteiger partial charge is 0.394 e. The van der Waals surface area contributed by atoms with Gasteiger partial charge in [-0.3, -0.25) is 9.47 Å². The van der Waals surface area contributed by atoms with E-state index in [1.807, 2.05) is 0 Å². The van der Waals surface area contributed by atoms with E-state index >= 15 is 0 Å². The maximum Gasteiger partial charge on any atom is 0.349 e. The molecule has 0 radical (unpaired) electrons. The van der Waals surface area contributed by atoms with Crippen molar-refractivity contribution in [1.29, 1.82) is 0 Å². The molecule has 0 aromatic carbocycles. The van der Waals surface area contributed by atoms with E-state index in [2.05, 4.69) is 13.2 Å². The minimum atomic E-state index is -2.76. The summed E-state index contributed by atoms with van der Waals surface area (Å²) >= 11 is 0. The van der Waals surface area contributed by atoms with Gasteiger partial charge in [0.15, 0.2) is 5.60 Å². The van der Waals surface area contributed by atoms with Gasteiger partial charge < -0.3 is 50.3 Å². The third-order valence-electron chi connectivity index (χ3n) is 6.04. The van der Waals surface area contributed by atoms with E-state index in [1.165, 1.54) is 12.2 Å². The standard InChI is InChI=1S/C18H28O12/c1-3-5-14(24)11(8-20)28-18(17(26,30-18)16(14,25)6-4-2)29-15(9-21)13(23)12(22)10(7-19)27-15/h3-4,10-13,19-26H,1-2,5-9H2/t10-,11-,12-,13+,14-,15?,16+,17+,18-/m1/s1. The zero-order valence-electron chi connectivity index (χ0n) is 16.1. The van der Waals surface area contributed by atoms with Gasteiger partial charge in [-0.15, -0.1) is 13.2 Å². The van der Waals surface area contributed by atoms with Crippen LogP contribution >= 0.6 is 0 Å². The summed E-state index contributed by atoms with van der Waals surface area (Å²) < 4.78 is 21.4. The summed E-state index contributed by atoms with van der Waals surface area (Å²) in [4.78, 5) is 0. The summed E-state index contributed by atoms with van der Waals surface area (Å²) in [6.45, 7) is 4.31. The van der Waals surface area contributed by atoms with Gasteiger partial charge in [0.05, 0.1) is 13.2 Å². The maximum atomic E-state index is 11.3. The van der Waals surface area contributed by atoms with E-state index in [-0.39, 0.29) is 6.42 Å². The zero-order valence-corrected chi connectivity index (χ0v) is 16.1. The topological polar surface area (TPSA) is 202 Å². The summed E-state index contributed by atoms with van der Waals surface area (Å²) in [6, 6.07) is 0. The van der Waals surface area contributed by atoms with E-state index in [4.69, 9.17) is 18.9 Å². The highest BCUT2D eigenvalue weighted by Gasteiger charge is 2.92. The van der Waals surface area contributed by atoms with Crippen LogP contribution in [0.25, 0.3) is 0 Å². The van der Waals surface area contributed by atoms with Crippen LogP contribution in [0.15, 0.2) is 25.3 Å². The van der Waals surface area contributed by atoms with Crippen LogP contribution in [0.5, 0.6) is 0 Å². The van der Waals surface area contributed by atoms with Crippen LogP contribution < -0.4 is 0 Å². The molecule has 0 aromatic rings. The highest BCUT2D eigenvalue weighted by Crippen LogP contribution is 2.65. The fraction of sp³-hybridized carbons (Fsp3) is 0.778. The van der Waals surface area contributed by atoms with Crippen molar-refractivity contribution >= 4 is 0 Å². The van der Waals surface area contributed by atoms with E-state index in [0.717, 1.165) is 0 Å². The van der Waals surface area contributed by atoms with Gasteiger partial charge in [0.1, 0.15) is 36.6 Å². The molecule has 0 spiro atoms. The number of hydrogen-bond acceptors (Lipinski definition) is 12. The molecule has 172 valence electrons. The van der Waals surface area contributed by atoms with Crippen molar-refractivity contribution in [3.05, 3.63) is 25.3 Å². The average Bonchev–Trinajstić information content (AvgIpc) is 3.24. The Bertz CT molecular complexity index is 690. The lowest BCUT2D eigenvalue weighted by Gasteiger charge is -2.52. The average molecular weight is 436 g/mol. The fourth-order valence-corrected chi connectivity index (χ4v) is 4.28. The highest BCUT2D eigenvalue weighted by atomic mass is 17.0. The molecule has 12 heteroatoms. The Kier molecular flexibility index (Phi) is 5.95. The first kappa shape index (κ1) is 23.7. The number of hydrogen-bond donors (Lipinski definition) is 8. The molecule has 3 aliphatic heterocycles. The van der Waals surface area contributed by atoms with E-state index < -0.39 is 79.4 Å². The lowest BCUT2D eigenvalue weighted by atomic mass is 9.68. The van der Waals surface area contributed by atoms with Crippen LogP contribution in [0.4, 0.5) is 0 Å². The SMILES string of the molecule is C=CC[C@@]1(O)[C@]2(O)O[C@@]2(OC2(CO)O[C@H](CO)[C@@H](O)[C@@H]2O)O[C@H](CO)[C@]1(O)CC=C. The molecule has 3 aliphatic rings. The Hall–Kier alpha value is -1.00. The molecule has 3 fully saturated rings. The molecule has 3 saturated heterocycles. The fourth-order valence-electron chi connectivity index (χ4n) is 4.28. The molecule has 0 amide bonds. The van der Waals surface area contributed by atoms with Gasteiger partial charge in [-0.1, -0.05) is 12.2 Å². The molecule has 8 N–H and O–H groups in total. The summed E-state index contributed by atoms with van der Waals surface area (Å²) in [5.74, 6) is -7.80. The maximum absolute atomic E-state index is 11.3. The van der Waals surface area contributed by atoms with Crippen molar-refractivity contribution in [2.24, 2.45) is 0 Å². The van der Waals surface area contributed by atoms with E-state index in [0.29, 0.717) is 0 Å². The molecule has 12 nitrogen and oxygen atoms in total. The van der Waals surface area contributed by atoms with E-state index in [1.54, 1.807) is 0 Å². The Morgan fingerprint density at radius 3 is 2.03 bits per heavy atom. The van der Waals surface area contributed by atoms with Gasteiger partial charge in [-0.05, 0) is 6.42 Å². The zero-order chi connectivity index (χ0) is 22.6. The summed E-state index contributed by atoms with van der Waals surface area (Å²) in [5.41, 5.74) is -4.85. The molecule has 0 aliphatic carbocycles. The van der Waals surface area contributed by atoms with E-state index in [9.17, 15) is 40.9 Å². The van der Waals surface area contributed by atoms with Crippen LogP contribution in [-0.2, 0) is 18.9 Å². The highest BCUT2D eigenvalue weighted by molar-refractivity contribution is 5.26. The van der Waals surface area contributed by atoms with Gasteiger partial charge in [0.25, 0.3) is 5.79 Å². The van der Waals surface area contributed by atoms with Crippen LogP contribution in [0.2, 0.25) is 0 Å². The first-order valence-corrected chi connectivity index (χ1v) is 9.34. The molecule has 0 bridgehead atoms. The van der Waals surface area contributed by atoms with Crippen molar-refractivity contribution in [2.75, 3.05) is 19.8 Å². The predicted molar refractivity (Wildman–Crippen MR) is 95.1 cm³/mol. The Balaban J connectivity index is 2.03. The molecule has 0 aromatic heterocycles. The van der Waals surface area contributed by atoms with Crippen molar-refractivity contribution in [3.63, 3.8) is 0 Å². The second kappa shape index (κ2) is 7.55.